The maximum absolute atomic E-state index is 13.3. The molecule has 168 valence electrons. The molecular formula is C22H22F3N5OS. The molecule has 1 amide bonds. The lowest BCUT2D eigenvalue weighted by Gasteiger charge is -2.23. The predicted molar refractivity (Wildman–Crippen MR) is 119 cm³/mol. The van der Waals surface area contributed by atoms with Crippen LogP contribution < -0.4 is 10.2 Å². The number of hydrogen-bond acceptors (Lipinski definition) is 4. The van der Waals surface area contributed by atoms with Gasteiger partial charge in [0.1, 0.15) is 6.54 Å². The molecule has 0 bridgehead atoms. The molecule has 1 aliphatic heterocycles. The van der Waals surface area contributed by atoms with Gasteiger partial charge in [-0.05, 0) is 50.2 Å². The number of carbonyl (C=O) groups is 1. The van der Waals surface area contributed by atoms with Gasteiger partial charge in [-0.1, -0.05) is 29.8 Å². The average molecular weight is 462 g/mol. The SMILES string of the molecule is Cc1ccc(-c2n[nH]c(=S)n2CC(=O)Nc2cc(C(F)(F)F)ccc2N2CCCC2)cc1. The molecule has 0 radical (unpaired) electrons. The molecule has 0 spiro atoms. The summed E-state index contributed by atoms with van der Waals surface area (Å²) in [6.45, 7) is 3.24. The van der Waals surface area contributed by atoms with Gasteiger partial charge in [0.15, 0.2) is 10.6 Å². The van der Waals surface area contributed by atoms with Crippen LogP contribution in [-0.2, 0) is 17.5 Å². The third kappa shape index (κ3) is 4.69. The van der Waals surface area contributed by atoms with E-state index in [1.807, 2.05) is 36.1 Å². The number of aromatic nitrogens is 3. The number of alkyl halides is 3. The Hall–Kier alpha value is -3.14. The van der Waals surface area contributed by atoms with Gasteiger partial charge in [0, 0.05) is 18.7 Å². The lowest BCUT2D eigenvalue weighted by molar-refractivity contribution is -0.137. The molecule has 2 heterocycles. The molecule has 4 rings (SSSR count). The van der Waals surface area contributed by atoms with Crippen molar-refractivity contribution in [2.24, 2.45) is 0 Å². The molecule has 1 aromatic heterocycles. The number of nitrogens with one attached hydrogen (secondary N) is 2. The van der Waals surface area contributed by atoms with Crippen LogP contribution in [0.3, 0.4) is 0 Å². The second kappa shape index (κ2) is 8.78. The maximum atomic E-state index is 13.3. The molecule has 2 N–H and O–H groups in total. The molecule has 0 unspecified atom stereocenters. The van der Waals surface area contributed by atoms with Gasteiger partial charge in [0.05, 0.1) is 16.9 Å². The summed E-state index contributed by atoms with van der Waals surface area (Å²) in [7, 11) is 0. The van der Waals surface area contributed by atoms with E-state index in [0.29, 0.717) is 11.5 Å². The number of carbonyl (C=O) groups excluding carboxylic acids is 1. The van der Waals surface area contributed by atoms with E-state index in [2.05, 4.69) is 15.5 Å². The van der Waals surface area contributed by atoms with Crippen LogP contribution in [0.2, 0.25) is 0 Å². The van der Waals surface area contributed by atoms with Crippen LogP contribution in [0.15, 0.2) is 42.5 Å². The number of nitrogens with zero attached hydrogens (tertiary/aromatic N) is 3. The number of amides is 1. The molecule has 0 aliphatic carbocycles. The smallest absolute Gasteiger partial charge is 0.370 e. The Bertz CT molecular complexity index is 1180. The molecule has 3 aromatic rings. The third-order valence-corrected chi connectivity index (χ3v) is 5.73. The lowest BCUT2D eigenvalue weighted by atomic mass is 10.1. The van der Waals surface area contributed by atoms with E-state index >= 15 is 0 Å². The number of benzene rings is 2. The van der Waals surface area contributed by atoms with Gasteiger partial charge in [-0.3, -0.25) is 14.5 Å². The Morgan fingerprint density at radius 2 is 1.84 bits per heavy atom. The summed E-state index contributed by atoms with van der Waals surface area (Å²) < 4.78 is 41.6. The Balaban J connectivity index is 1.61. The Kier molecular flexibility index (Phi) is 6.05. The van der Waals surface area contributed by atoms with Gasteiger partial charge in [-0.2, -0.15) is 18.3 Å². The zero-order valence-electron chi connectivity index (χ0n) is 17.4. The normalized spacial score (nSPS) is 14.1. The molecule has 1 fully saturated rings. The first kappa shape index (κ1) is 22.1. The van der Waals surface area contributed by atoms with Gasteiger partial charge in [0.25, 0.3) is 0 Å². The topological polar surface area (TPSA) is 66.0 Å². The van der Waals surface area contributed by atoms with Gasteiger partial charge >= 0.3 is 6.18 Å². The molecule has 2 aromatic carbocycles. The fraction of sp³-hybridized carbons (Fsp3) is 0.318. The van der Waals surface area contributed by atoms with E-state index in [0.717, 1.165) is 49.2 Å². The van der Waals surface area contributed by atoms with Gasteiger partial charge < -0.3 is 10.2 Å². The number of hydrogen-bond donors (Lipinski definition) is 2. The number of anilines is 2. The Morgan fingerprint density at radius 3 is 2.50 bits per heavy atom. The van der Waals surface area contributed by atoms with Crippen LogP contribution in [-0.4, -0.2) is 33.8 Å². The third-order valence-electron chi connectivity index (χ3n) is 5.41. The maximum Gasteiger partial charge on any atom is 0.416 e. The van der Waals surface area contributed by atoms with Crippen LogP contribution in [0, 0.1) is 11.7 Å². The molecule has 32 heavy (non-hydrogen) atoms. The van der Waals surface area contributed by atoms with Crippen molar-refractivity contribution in [1.29, 1.82) is 0 Å². The van der Waals surface area contributed by atoms with E-state index in [4.69, 9.17) is 12.2 Å². The van der Waals surface area contributed by atoms with Crippen LogP contribution in [0.25, 0.3) is 11.4 Å². The summed E-state index contributed by atoms with van der Waals surface area (Å²) in [5.74, 6) is -0.00964. The monoisotopic (exact) mass is 461 g/mol. The highest BCUT2D eigenvalue weighted by Gasteiger charge is 2.32. The second-order valence-electron chi connectivity index (χ2n) is 7.78. The minimum absolute atomic E-state index is 0.138. The zero-order chi connectivity index (χ0) is 22.9. The number of rotatable bonds is 5. The summed E-state index contributed by atoms with van der Waals surface area (Å²) in [4.78, 5) is 14.9. The largest absolute Gasteiger partial charge is 0.416 e. The molecule has 1 aliphatic rings. The van der Waals surface area contributed by atoms with Crippen molar-refractivity contribution in [1.82, 2.24) is 14.8 Å². The highest BCUT2D eigenvalue weighted by atomic mass is 32.1. The average Bonchev–Trinajstić information content (AvgIpc) is 3.39. The van der Waals surface area contributed by atoms with Crippen LogP contribution in [0.1, 0.15) is 24.0 Å². The second-order valence-corrected chi connectivity index (χ2v) is 8.16. The first-order chi connectivity index (χ1) is 15.2. The Morgan fingerprint density at radius 1 is 1.16 bits per heavy atom. The summed E-state index contributed by atoms with van der Waals surface area (Å²) in [5, 5.41) is 9.56. The number of H-pyrrole nitrogens is 1. The van der Waals surface area contributed by atoms with E-state index < -0.39 is 17.6 Å². The minimum atomic E-state index is -4.51. The van der Waals surface area contributed by atoms with Gasteiger partial charge in [0.2, 0.25) is 5.91 Å². The fourth-order valence-corrected chi connectivity index (χ4v) is 3.96. The van der Waals surface area contributed by atoms with Crippen molar-refractivity contribution in [3.8, 4) is 11.4 Å². The van der Waals surface area contributed by atoms with Crippen molar-refractivity contribution >= 4 is 29.5 Å². The minimum Gasteiger partial charge on any atom is -0.370 e. The van der Waals surface area contributed by atoms with Crippen LogP contribution >= 0.6 is 12.2 Å². The number of aromatic amines is 1. The van der Waals surface area contributed by atoms with Crippen LogP contribution in [0.5, 0.6) is 0 Å². The summed E-state index contributed by atoms with van der Waals surface area (Å²) in [6.07, 6.45) is -2.59. The van der Waals surface area contributed by atoms with Crippen molar-refractivity contribution < 1.29 is 18.0 Å². The van der Waals surface area contributed by atoms with Crippen molar-refractivity contribution in [2.75, 3.05) is 23.3 Å². The molecule has 6 nitrogen and oxygen atoms in total. The summed E-state index contributed by atoms with van der Waals surface area (Å²) >= 11 is 5.27. The van der Waals surface area contributed by atoms with Crippen molar-refractivity contribution in [3.63, 3.8) is 0 Å². The molecule has 1 saturated heterocycles. The highest BCUT2D eigenvalue weighted by molar-refractivity contribution is 7.71. The highest BCUT2D eigenvalue weighted by Crippen LogP contribution is 2.36. The number of halogens is 3. The predicted octanol–water partition coefficient (Wildman–Crippen LogP) is 5.17. The summed E-state index contributed by atoms with van der Waals surface area (Å²) in [5.41, 5.74) is 1.76. The molecule has 10 heteroatoms. The quantitative estimate of drug-likeness (QED) is 0.515. The summed E-state index contributed by atoms with van der Waals surface area (Å²) in [6, 6.07) is 11.0. The van der Waals surface area contributed by atoms with Gasteiger partial charge in [-0.15, -0.1) is 0 Å². The fourth-order valence-electron chi connectivity index (χ4n) is 3.77. The van der Waals surface area contributed by atoms with Crippen molar-refractivity contribution in [3.05, 3.63) is 58.4 Å². The lowest BCUT2D eigenvalue weighted by Crippen LogP contribution is -2.24. The number of aryl methyl sites for hydroxylation is 1. The zero-order valence-corrected chi connectivity index (χ0v) is 18.2. The first-order valence-corrected chi connectivity index (χ1v) is 10.6. The standard InChI is InChI=1S/C22H22F3N5OS/c1-14-4-6-15(7-5-14)20-27-28-21(32)30(20)13-19(31)26-17-12-16(22(23,24)25)8-9-18(17)29-10-2-3-11-29/h4-9,12H,2-3,10-11,13H2,1H3,(H,26,31)(H,28,32). The van der Waals surface area contributed by atoms with Crippen LogP contribution in [0.4, 0.5) is 24.5 Å². The van der Waals surface area contributed by atoms with E-state index in [1.165, 1.54) is 10.6 Å². The van der Waals surface area contributed by atoms with E-state index in [-0.39, 0.29) is 17.0 Å². The van der Waals surface area contributed by atoms with E-state index in [1.54, 1.807) is 0 Å². The molecule has 0 saturated carbocycles. The van der Waals surface area contributed by atoms with E-state index in [9.17, 15) is 18.0 Å². The molecule has 0 atom stereocenters. The first-order valence-electron chi connectivity index (χ1n) is 10.2. The molecular weight excluding hydrogens is 439 g/mol. The van der Waals surface area contributed by atoms with Crippen molar-refractivity contribution in [2.45, 2.75) is 32.5 Å². The Labute approximate surface area is 188 Å². The van der Waals surface area contributed by atoms with Gasteiger partial charge in [-0.25, -0.2) is 0 Å².